The molecule has 29 heavy (non-hydrogen) atoms. The van der Waals surface area contributed by atoms with E-state index in [9.17, 15) is 4.79 Å². The highest BCUT2D eigenvalue weighted by molar-refractivity contribution is 7.22. The number of benzene rings is 2. The molecule has 2 aliphatic rings. The van der Waals surface area contributed by atoms with Gasteiger partial charge in [-0.25, -0.2) is 4.98 Å². The molecule has 5 rings (SSSR count). The molecule has 3 heterocycles. The number of nitrogens with one attached hydrogen (secondary N) is 1. The average Bonchev–Trinajstić information content (AvgIpc) is 3.35. The Morgan fingerprint density at radius 2 is 1.83 bits per heavy atom. The number of ether oxygens (including phenoxy) is 2. The van der Waals surface area contributed by atoms with Crippen molar-refractivity contribution in [3.05, 3.63) is 48.0 Å². The van der Waals surface area contributed by atoms with Crippen LogP contribution in [0.3, 0.4) is 0 Å². The van der Waals surface area contributed by atoms with E-state index in [-0.39, 0.29) is 5.91 Å². The molecule has 1 fully saturated rings. The van der Waals surface area contributed by atoms with Crippen molar-refractivity contribution >= 4 is 32.6 Å². The molecular weight excluding hydrogens is 388 g/mol. The molecule has 0 unspecified atom stereocenters. The van der Waals surface area contributed by atoms with Crippen LogP contribution in [0, 0.1) is 0 Å². The van der Waals surface area contributed by atoms with Gasteiger partial charge in [0, 0.05) is 32.7 Å². The summed E-state index contributed by atoms with van der Waals surface area (Å²) in [4.78, 5) is 21.5. The minimum Gasteiger partial charge on any atom is -0.454 e. The van der Waals surface area contributed by atoms with Crippen molar-refractivity contribution in [2.45, 2.75) is 6.54 Å². The van der Waals surface area contributed by atoms with Gasteiger partial charge in [-0.15, -0.1) is 0 Å². The van der Waals surface area contributed by atoms with Gasteiger partial charge in [-0.3, -0.25) is 14.6 Å². The third kappa shape index (κ3) is 4.19. The Morgan fingerprint density at radius 3 is 2.69 bits per heavy atom. The molecule has 0 spiro atoms. The zero-order valence-electron chi connectivity index (χ0n) is 16.0. The first-order chi connectivity index (χ1) is 14.2. The van der Waals surface area contributed by atoms with Crippen molar-refractivity contribution in [3.8, 4) is 11.5 Å². The van der Waals surface area contributed by atoms with E-state index in [1.807, 2.05) is 30.3 Å². The minimum absolute atomic E-state index is 0.00622. The van der Waals surface area contributed by atoms with Crippen LogP contribution >= 0.6 is 11.3 Å². The van der Waals surface area contributed by atoms with Crippen LogP contribution in [0.2, 0.25) is 0 Å². The molecule has 0 radical (unpaired) electrons. The Balaban J connectivity index is 1.10. The number of rotatable bonds is 5. The zero-order chi connectivity index (χ0) is 19.6. The summed E-state index contributed by atoms with van der Waals surface area (Å²) >= 11 is 1.51. The number of para-hydroxylation sites is 1. The van der Waals surface area contributed by atoms with Crippen LogP contribution < -0.4 is 14.8 Å². The van der Waals surface area contributed by atoms with Gasteiger partial charge in [0.25, 0.3) is 0 Å². The number of nitrogens with zero attached hydrogens (tertiary/aromatic N) is 3. The second-order valence-electron chi connectivity index (χ2n) is 7.27. The standard InChI is InChI=1S/C21H22N4O3S/c26-20(23-21-22-16-3-1-2-4-19(16)29-21)13-25-9-7-24(8-10-25)12-15-5-6-17-18(11-15)28-14-27-17/h1-6,11H,7-10,12-14H2,(H,22,23,26). The van der Waals surface area contributed by atoms with Crippen molar-refractivity contribution < 1.29 is 14.3 Å². The topological polar surface area (TPSA) is 66.9 Å². The van der Waals surface area contributed by atoms with E-state index in [0.717, 1.165) is 54.4 Å². The smallest absolute Gasteiger partial charge is 0.240 e. The fourth-order valence-corrected chi connectivity index (χ4v) is 4.57. The van der Waals surface area contributed by atoms with E-state index in [1.54, 1.807) is 0 Å². The maximum absolute atomic E-state index is 12.4. The second kappa shape index (κ2) is 7.98. The lowest BCUT2D eigenvalue weighted by atomic mass is 10.1. The number of anilines is 1. The van der Waals surface area contributed by atoms with Gasteiger partial charge in [-0.1, -0.05) is 29.5 Å². The summed E-state index contributed by atoms with van der Waals surface area (Å²) in [7, 11) is 0. The van der Waals surface area contributed by atoms with Crippen molar-refractivity contribution in [2.24, 2.45) is 0 Å². The summed E-state index contributed by atoms with van der Waals surface area (Å²) in [5.74, 6) is 1.64. The van der Waals surface area contributed by atoms with Gasteiger partial charge in [-0.2, -0.15) is 0 Å². The molecule has 1 saturated heterocycles. The molecule has 0 saturated carbocycles. The first-order valence-electron chi connectivity index (χ1n) is 9.72. The average molecular weight is 410 g/mol. The summed E-state index contributed by atoms with van der Waals surface area (Å²) in [5, 5.41) is 3.61. The molecule has 150 valence electrons. The van der Waals surface area contributed by atoms with E-state index < -0.39 is 0 Å². The highest BCUT2D eigenvalue weighted by Crippen LogP contribution is 2.33. The summed E-state index contributed by atoms with van der Waals surface area (Å²) in [6.45, 7) is 5.19. The van der Waals surface area contributed by atoms with Crippen LogP contribution in [0.5, 0.6) is 11.5 Å². The Hall–Kier alpha value is -2.68. The van der Waals surface area contributed by atoms with E-state index in [0.29, 0.717) is 18.5 Å². The highest BCUT2D eigenvalue weighted by Gasteiger charge is 2.21. The van der Waals surface area contributed by atoms with Crippen LogP contribution in [0.25, 0.3) is 10.2 Å². The number of carbonyl (C=O) groups excluding carboxylic acids is 1. The second-order valence-corrected chi connectivity index (χ2v) is 8.31. The lowest BCUT2D eigenvalue weighted by Crippen LogP contribution is -2.48. The summed E-state index contributed by atoms with van der Waals surface area (Å²) in [5.41, 5.74) is 2.14. The molecule has 1 N–H and O–H groups in total. The maximum Gasteiger partial charge on any atom is 0.240 e. The number of hydrogen-bond acceptors (Lipinski definition) is 7. The first kappa shape index (κ1) is 18.4. The molecule has 2 aromatic carbocycles. The van der Waals surface area contributed by atoms with Crippen molar-refractivity contribution in [2.75, 3.05) is 44.8 Å². The summed E-state index contributed by atoms with van der Waals surface area (Å²) < 4.78 is 11.9. The largest absolute Gasteiger partial charge is 0.454 e. The van der Waals surface area contributed by atoms with Crippen LogP contribution in [0.1, 0.15) is 5.56 Å². The van der Waals surface area contributed by atoms with Crippen LogP contribution in [-0.4, -0.2) is 60.2 Å². The molecule has 7 nitrogen and oxygen atoms in total. The number of hydrogen-bond donors (Lipinski definition) is 1. The number of piperazine rings is 1. The molecule has 0 atom stereocenters. The maximum atomic E-state index is 12.4. The third-order valence-corrected chi connectivity index (χ3v) is 6.17. The van der Waals surface area contributed by atoms with Gasteiger partial charge in [0.1, 0.15) is 0 Å². The molecule has 2 aliphatic heterocycles. The van der Waals surface area contributed by atoms with Gasteiger partial charge in [0.15, 0.2) is 16.6 Å². The normalized spacial score (nSPS) is 17.0. The SMILES string of the molecule is O=C(CN1CCN(Cc2ccc3c(c2)OCO3)CC1)Nc1nc2ccccc2s1. The quantitative estimate of drug-likeness (QED) is 0.698. The van der Waals surface area contributed by atoms with E-state index >= 15 is 0 Å². The predicted octanol–water partition coefficient (Wildman–Crippen LogP) is 2.78. The third-order valence-electron chi connectivity index (χ3n) is 5.22. The predicted molar refractivity (Wildman–Crippen MR) is 113 cm³/mol. The first-order valence-corrected chi connectivity index (χ1v) is 10.5. The van der Waals surface area contributed by atoms with E-state index in [2.05, 4.69) is 32.2 Å². The number of carbonyl (C=O) groups is 1. The lowest BCUT2D eigenvalue weighted by molar-refractivity contribution is -0.117. The Bertz CT molecular complexity index is 997. The van der Waals surface area contributed by atoms with E-state index in [4.69, 9.17) is 9.47 Å². The Morgan fingerprint density at radius 1 is 1.03 bits per heavy atom. The molecule has 8 heteroatoms. The summed E-state index contributed by atoms with van der Waals surface area (Å²) in [6.07, 6.45) is 0. The minimum atomic E-state index is -0.00622. The lowest BCUT2D eigenvalue weighted by Gasteiger charge is -2.34. The van der Waals surface area contributed by atoms with Crippen LogP contribution in [0.4, 0.5) is 5.13 Å². The summed E-state index contributed by atoms with van der Waals surface area (Å²) in [6, 6.07) is 14.0. The van der Waals surface area contributed by atoms with Crippen LogP contribution in [-0.2, 0) is 11.3 Å². The van der Waals surface area contributed by atoms with Gasteiger partial charge >= 0.3 is 0 Å². The number of amides is 1. The van der Waals surface area contributed by atoms with Gasteiger partial charge in [0.2, 0.25) is 12.7 Å². The monoisotopic (exact) mass is 410 g/mol. The molecule has 1 aromatic heterocycles. The van der Waals surface area contributed by atoms with Crippen molar-refractivity contribution in [1.82, 2.24) is 14.8 Å². The number of thiazole rings is 1. The number of fused-ring (bicyclic) bond motifs is 2. The molecule has 0 aliphatic carbocycles. The highest BCUT2D eigenvalue weighted by atomic mass is 32.1. The molecular formula is C21H22N4O3S. The van der Waals surface area contributed by atoms with Gasteiger partial charge < -0.3 is 14.8 Å². The molecule has 0 bridgehead atoms. The zero-order valence-corrected chi connectivity index (χ0v) is 16.8. The van der Waals surface area contributed by atoms with Crippen molar-refractivity contribution in [3.63, 3.8) is 0 Å². The molecule has 3 aromatic rings. The molecule has 1 amide bonds. The Kier molecular flexibility index (Phi) is 5.05. The van der Waals surface area contributed by atoms with Crippen LogP contribution in [0.15, 0.2) is 42.5 Å². The number of aromatic nitrogens is 1. The fraction of sp³-hybridized carbons (Fsp3) is 0.333. The van der Waals surface area contributed by atoms with Gasteiger partial charge in [-0.05, 0) is 29.8 Å². The fourth-order valence-electron chi connectivity index (χ4n) is 3.69. The Labute approximate surface area is 172 Å². The van der Waals surface area contributed by atoms with Gasteiger partial charge in [0.05, 0.1) is 16.8 Å². The van der Waals surface area contributed by atoms with Crippen molar-refractivity contribution in [1.29, 1.82) is 0 Å². The van der Waals surface area contributed by atoms with E-state index in [1.165, 1.54) is 16.9 Å².